The molecule has 2 fully saturated rings. The topological polar surface area (TPSA) is 70.2 Å². The number of ether oxygens (including phenoxy) is 2. The molecule has 36 heavy (non-hydrogen) atoms. The van der Waals surface area contributed by atoms with Crippen molar-refractivity contribution < 1.29 is 14.3 Å². The Morgan fingerprint density at radius 1 is 0.972 bits per heavy atom. The third kappa shape index (κ3) is 5.71. The van der Waals surface area contributed by atoms with E-state index in [2.05, 4.69) is 32.1 Å². The van der Waals surface area contributed by atoms with Gasteiger partial charge in [0.2, 0.25) is 0 Å². The summed E-state index contributed by atoms with van der Waals surface area (Å²) in [7, 11) is 1.69. The average Bonchev–Trinajstić information content (AvgIpc) is 2.95. The van der Waals surface area contributed by atoms with Crippen LogP contribution in [0.1, 0.15) is 16.8 Å². The van der Waals surface area contributed by atoms with E-state index in [-0.39, 0.29) is 5.91 Å². The van der Waals surface area contributed by atoms with Gasteiger partial charge in [0, 0.05) is 68.6 Å². The van der Waals surface area contributed by atoms with E-state index < -0.39 is 0 Å². The highest BCUT2D eigenvalue weighted by Gasteiger charge is 2.21. The minimum atomic E-state index is -0.0296. The van der Waals surface area contributed by atoms with Crippen LogP contribution in [-0.2, 0) is 4.74 Å². The number of rotatable bonds is 8. The summed E-state index contributed by atoms with van der Waals surface area (Å²) in [5, 5.41) is 5.21. The van der Waals surface area contributed by atoms with Crippen LogP contribution in [0.2, 0.25) is 0 Å². The van der Waals surface area contributed by atoms with Crippen LogP contribution in [0.5, 0.6) is 5.75 Å². The Balaban J connectivity index is 1.21. The molecular weight excluding hydrogens is 454 g/mol. The van der Waals surface area contributed by atoms with E-state index in [1.54, 1.807) is 7.11 Å². The number of anilines is 2. The number of carbonyl (C=O) groups is 1. The average molecular weight is 490 g/mol. The Morgan fingerprint density at radius 2 is 1.72 bits per heavy atom. The fourth-order valence-electron chi connectivity index (χ4n) is 4.95. The summed E-state index contributed by atoms with van der Waals surface area (Å²) in [6, 6.07) is 16.2. The third-order valence-corrected chi connectivity index (χ3v) is 7.06. The van der Waals surface area contributed by atoms with Crippen LogP contribution in [0.4, 0.5) is 11.5 Å². The van der Waals surface area contributed by atoms with Crippen LogP contribution in [0, 0.1) is 0 Å². The van der Waals surface area contributed by atoms with Crippen molar-refractivity contribution in [3.05, 3.63) is 60.3 Å². The van der Waals surface area contributed by atoms with E-state index in [1.807, 2.05) is 42.6 Å². The number of pyridine rings is 1. The Morgan fingerprint density at radius 3 is 2.47 bits per heavy atom. The summed E-state index contributed by atoms with van der Waals surface area (Å²) >= 11 is 0. The molecule has 1 amide bonds. The molecule has 8 heteroatoms. The van der Waals surface area contributed by atoms with Crippen molar-refractivity contribution in [3.8, 4) is 5.75 Å². The van der Waals surface area contributed by atoms with Gasteiger partial charge < -0.3 is 24.6 Å². The van der Waals surface area contributed by atoms with Gasteiger partial charge in [-0.05, 0) is 60.8 Å². The minimum absolute atomic E-state index is 0.0296. The molecule has 3 aromatic rings. The van der Waals surface area contributed by atoms with E-state index in [1.165, 1.54) is 5.69 Å². The van der Waals surface area contributed by atoms with Crippen molar-refractivity contribution in [2.45, 2.75) is 6.42 Å². The van der Waals surface area contributed by atoms with E-state index in [4.69, 9.17) is 14.5 Å². The van der Waals surface area contributed by atoms with Crippen molar-refractivity contribution in [1.82, 2.24) is 15.2 Å². The highest BCUT2D eigenvalue weighted by atomic mass is 16.5. The number of morpholine rings is 1. The van der Waals surface area contributed by atoms with Crippen molar-refractivity contribution in [2.75, 3.05) is 82.5 Å². The Kier molecular flexibility index (Phi) is 7.83. The first-order chi connectivity index (χ1) is 17.7. The number of hydrogen-bond donors (Lipinski definition) is 1. The number of piperazine rings is 1. The molecule has 2 aliphatic rings. The lowest BCUT2D eigenvalue weighted by atomic mass is 10.1. The number of nitrogens with one attached hydrogen (secondary N) is 1. The summed E-state index contributed by atoms with van der Waals surface area (Å²) in [5.74, 6) is 1.79. The maximum Gasteiger partial charge on any atom is 0.251 e. The van der Waals surface area contributed by atoms with Gasteiger partial charge >= 0.3 is 0 Å². The SMILES string of the molecule is COc1ccc(N2CCN(c3nccc4ccc(C(=O)NCCCN5CCOCC5)cc34)CC2)cc1. The second kappa shape index (κ2) is 11.6. The molecule has 1 aromatic heterocycles. The molecule has 0 bridgehead atoms. The van der Waals surface area contributed by atoms with E-state index in [9.17, 15) is 4.79 Å². The number of benzene rings is 2. The molecule has 0 saturated carbocycles. The van der Waals surface area contributed by atoms with E-state index >= 15 is 0 Å². The number of methoxy groups -OCH3 is 1. The first-order valence-corrected chi connectivity index (χ1v) is 12.8. The summed E-state index contributed by atoms with van der Waals surface area (Å²) in [6.07, 6.45) is 2.80. The normalized spacial score (nSPS) is 16.8. The zero-order valence-electron chi connectivity index (χ0n) is 21.0. The maximum atomic E-state index is 12.9. The molecule has 0 spiro atoms. The maximum absolute atomic E-state index is 12.9. The zero-order valence-corrected chi connectivity index (χ0v) is 21.0. The summed E-state index contributed by atoms with van der Waals surface area (Å²) in [6.45, 7) is 8.77. The monoisotopic (exact) mass is 489 g/mol. The van der Waals surface area contributed by atoms with Gasteiger partial charge in [0.25, 0.3) is 5.91 Å². The van der Waals surface area contributed by atoms with Gasteiger partial charge in [-0.25, -0.2) is 4.98 Å². The van der Waals surface area contributed by atoms with Gasteiger partial charge in [-0.15, -0.1) is 0 Å². The highest BCUT2D eigenvalue weighted by molar-refractivity contribution is 6.01. The fraction of sp³-hybridized carbons (Fsp3) is 0.429. The molecule has 5 rings (SSSR count). The second-order valence-electron chi connectivity index (χ2n) is 9.31. The number of nitrogens with zero attached hydrogens (tertiary/aromatic N) is 4. The third-order valence-electron chi connectivity index (χ3n) is 7.06. The molecule has 2 aromatic carbocycles. The number of amides is 1. The molecular formula is C28H35N5O3. The Hall–Kier alpha value is -3.36. The lowest BCUT2D eigenvalue weighted by Crippen LogP contribution is -2.46. The van der Waals surface area contributed by atoms with Gasteiger partial charge in [0.05, 0.1) is 20.3 Å². The molecule has 190 valence electrons. The number of carbonyl (C=O) groups excluding carboxylic acids is 1. The van der Waals surface area contributed by atoms with Crippen LogP contribution in [0.25, 0.3) is 10.8 Å². The quantitative estimate of drug-likeness (QED) is 0.488. The second-order valence-corrected chi connectivity index (χ2v) is 9.31. The minimum Gasteiger partial charge on any atom is -0.497 e. The van der Waals surface area contributed by atoms with Gasteiger partial charge in [-0.3, -0.25) is 9.69 Å². The van der Waals surface area contributed by atoms with Crippen LogP contribution in [-0.4, -0.2) is 88.5 Å². The molecule has 0 atom stereocenters. The largest absolute Gasteiger partial charge is 0.497 e. The molecule has 2 saturated heterocycles. The highest BCUT2D eigenvalue weighted by Crippen LogP contribution is 2.28. The zero-order chi connectivity index (χ0) is 24.7. The van der Waals surface area contributed by atoms with Gasteiger partial charge in [0.1, 0.15) is 11.6 Å². The molecule has 0 unspecified atom stereocenters. The Labute approximate surface area is 212 Å². The van der Waals surface area contributed by atoms with Crippen molar-refractivity contribution >= 4 is 28.2 Å². The van der Waals surface area contributed by atoms with Crippen LogP contribution < -0.4 is 19.9 Å². The molecule has 2 aliphatic heterocycles. The smallest absolute Gasteiger partial charge is 0.251 e. The summed E-state index contributed by atoms with van der Waals surface area (Å²) in [4.78, 5) is 24.7. The predicted molar refractivity (Wildman–Crippen MR) is 143 cm³/mol. The Bertz CT molecular complexity index is 1160. The molecule has 3 heterocycles. The van der Waals surface area contributed by atoms with E-state index in [0.717, 1.165) is 87.8 Å². The van der Waals surface area contributed by atoms with Gasteiger partial charge in [-0.2, -0.15) is 0 Å². The summed E-state index contributed by atoms with van der Waals surface area (Å²) in [5.41, 5.74) is 1.88. The van der Waals surface area contributed by atoms with Crippen molar-refractivity contribution in [1.29, 1.82) is 0 Å². The van der Waals surface area contributed by atoms with E-state index in [0.29, 0.717) is 12.1 Å². The predicted octanol–water partition coefficient (Wildman–Crippen LogP) is 3.02. The van der Waals surface area contributed by atoms with Crippen molar-refractivity contribution in [3.63, 3.8) is 0 Å². The number of aromatic nitrogens is 1. The van der Waals surface area contributed by atoms with Crippen molar-refractivity contribution in [2.24, 2.45) is 0 Å². The standard InChI is InChI=1S/C28H35N5O3/c1-35-25-7-5-24(6-8-25)32-13-15-33(16-14-32)27-26-21-23(4-3-22(26)9-11-29-27)28(34)30-10-2-12-31-17-19-36-20-18-31/h3-9,11,21H,2,10,12-20H2,1H3,(H,30,34). The van der Waals surface area contributed by atoms with Crippen LogP contribution in [0.15, 0.2) is 54.7 Å². The fourth-order valence-corrected chi connectivity index (χ4v) is 4.95. The number of hydrogen-bond acceptors (Lipinski definition) is 7. The summed E-state index contributed by atoms with van der Waals surface area (Å²) < 4.78 is 10.7. The lowest BCUT2D eigenvalue weighted by molar-refractivity contribution is 0.0374. The lowest BCUT2D eigenvalue weighted by Gasteiger charge is -2.37. The molecule has 0 aliphatic carbocycles. The van der Waals surface area contributed by atoms with Gasteiger partial charge in [0.15, 0.2) is 0 Å². The van der Waals surface area contributed by atoms with Crippen LogP contribution in [0.3, 0.4) is 0 Å². The first kappa shape index (κ1) is 24.3. The van der Waals surface area contributed by atoms with Crippen LogP contribution >= 0.6 is 0 Å². The molecule has 8 nitrogen and oxygen atoms in total. The first-order valence-electron chi connectivity index (χ1n) is 12.8. The molecule has 1 N–H and O–H groups in total. The number of fused-ring (bicyclic) bond motifs is 1. The molecule has 0 radical (unpaired) electrons. The van der Waals surface area contributed by atoms with Gasteiger partial charge in [-0.1, -0.05) is 6.07 Å².